The van der Waals surface area contributed by atoms with Gasteiger partial charge in [0.1, 0.15) is 0 Å². The normalized spacial score (nSPS) is 29.6. The van der Waals surface area contributed by atoms with Crippen molar-refractivity contribution in [3.8, 4) is 0 Å². The van der Waals surface area contributed by atoms with Crippen LogP contribution >= 0.6 is 11.8 Å². The summed E-state index contributed by atoms with van der Waals surface area (Å²) in [6.07, 6.45) is 6.31. The summed E-state index contributed by atoms with van der Waals surface area (Å²) in [5.41, 5.74) is 0.351. The molecule has 2 fully saturated rings. The highest BCUT2D eigenvalue weighted by Crippen LogP contribution is 2.44. The van der Waals surface area contributed by atoms with Crippen LogP contribution in [-0.2, 0) is 0 Å². The standard InChI is InChI=1S/C14H25N5S/c1-4-15-12-11(6-5-9-14(12,2)3)20-13-16-17-18-19(13)10-7-8-10/h10-12,15H,4-9H2,1-3H3. The van der Waals surface area contributed by atoms with Crippen LogP contribution in [0, 0.1) is 5.41 Å². The van der Waals surface area contributed by atoms with Crippen LogP contribution in [0.2, 0.25) is 0 Å². The van der Waals surface area contributed by atoms with E-state index in [1.54, 1.807) is 0 Å². The highest BCUT2D eigenvalue weighted by atomic mass is 32.2. The first-order valence-electron chi connectivity index (χ1n) is 7.79. The summed E-state index contributed by atoms with van der Waals surface area (Å²) in [7, 11) is 0. The van der Waals surface area contributed by atoms with Crippen LogP contribution in [0.3, 0.4) is 0 Å². The molecule has 5 nitrogen and oxygen atoms in total. The molecule has 1 heterocycles. The topological polar surface area (TPSA) is 55.6 Å². The number of nitrogens with zero attached hydrogens (tertiary/aromatic N) is 4. The van der Waals surface area contributed by atoms with Crippen LogP contribution in [0.4, 0.5) is 0 Å². The summed E-state index contributed by atoms with van der Waals surface area (Å²) < 4.78 is 2.04. The number of tetrazole rings is 1. The van der Waals surface area contributed by atoms with Crippen molar-refractivity contribution in [3.05, 3.63) is 0 Å². The van der Waals surface area contributed by atoms with Crippen molar-refractivity contribution < 1.29 is 0 Å². The van der Waals surface area contributed by atoms with Gasteiger partial charge in [0.05, 0.1) is 6.04 Å². The molecule has 6 heteroatoms. The number of hydrogen-bond acceptors (Lipinski definition) is 5. The van der Waals surface area contributed by atoms with E-state index in [9.17, 15) is 0 Å². The zero-order chi connectivity index (χ0) is 14.2. The Morgan fingerprint density at radius 1 is 1.35 bits per heavy atom. The summed E-state index contributed by atoms with van der Waals surface area (Å²) in [4.78, 5) is 0. The quantitative estimate of drug-likeness (QED) is 0.905. The number of nitrogens with one attached hydrogen (secondary N) is 1. The fourth-order valence-electron chi connectivity index (χ4n) is 3.29. The fraction of sp³-hybridized carbons (Fsp3) is 0.929. The first kappa shape index (κ1) is 14.3. The van der Waals surface area contributed by atoms with Gasteiger partial charge in [0.15, 0.2) is 0 Å². The summed E-state index contributed by atoms with van der Waals surface area (Å²) in [6, 6.07) is 1.09. The Bertz CT molecular complexity index is 454. The van der Waals surface area contributed by atoms with Gasteiger partial charge in [-0.1, -0.05) is 39.0 Å². The first-order chi connectivity index (χ1) is 9.62. The van der Waals surface area contributed by atoms with Crippen LogP contribution in [0.1, 0.15) is 58.9 Å². The molecule has 112 valence electrons. The Morgan fingerprint density at radius 2 is 2.15 bits per heavy atom. The number of rotatable bonds is 5. The van der Waals surface area contributed by atoms with Gasteiger partial charge < -0.3 is 5.32 Å². The SMILES string of the molecule is CCNC1C(Sc2nnnn2C2CC2)CCCC1(C)C. The maximum Gasteiger partial charge on any atom is 0.209 e. The molecular weight excluding hydrogens is 270 g/mol. The van der Waals surface area contributed by atoms with Gasteiger partial charge in [0.2, 0.25) is 5.16 Å². The van der Waals surface area contributed by atoms with E-state index in [0.717, 1.165) is 11.7 Å². The highest BCUT2D eigenvalue weighted by Gasteiger charge is 2.40. The Morgan fingerprint density at radius 3 is 2.85 bits per heavy atom. The maximum atomic E-state index is 4.25. The molecule has 2 atom stereocenters. The van der Waals surface area contributed by atoms with Crippen molar-refractivity contribution in [1.29, 1.82) is 0 Å². The van der Waals surface area contributed by atoms with Crippen LogP contribution < -0.4 is 5.32 Å². The van der Waals surface area contributed by atoms with Crippen molar-refractivity contribution in [3.63, 3.8) is 0 Å². The largest absolute Gasteiger partial charge is 0.313 e. The average Bonchev–Trinajstić information content (AvgIpc) is 3.14. The van der Waals surface area contributed by atoms with Gasteiger partial charge in [0.25, 0.3) is 0 Å². The molecular formula is C14H25N5S. The second kappa shape index (κ2) is 5.64. The lowest BCUT2D eigenvalue weighted by Gasteiger charge is -2.44. The van der Waals surface area contributed by atoms with E-state index in [-0.39, 0.29) is 0 Å². The van der Waals surface area contributed by atoms with Crippen LogP contribution in [0.15, 0.2) is 5.16 Å². The van der Waals surface area contributed by atoms with Gasteiger partial charge >= 0.3 is 0 Å². The number of thioether (sulfide) groups is 1. The predicted molar refractivity (Wildman–Crippen MR) is 80.8 cm³/mol. The third kappa shape index (κ3) is 2.86. The molecule has 0 spiro atoms. The van der Waals surface area contributed by atoms with Gasteiger partial charge in [-0.3, -0.25) is 0 Å². The summed E-state index contributed by atoms with van der Waals surface area (Å²) >= 11 is 1.88. The van der Waals surface area contributed by atoms with E-state index < -0.39 is 0 Å². The monoisotopic (exact) mass is 295 g/mol. The molecule has 0 aliphatic heterocycles. The van der Waals surface area contributed by atoms with Crippen LogP contribution in [-0.4, -0.2) is 38.0 Å². The second-order valence-electron chi connectivity index (χ2n) is 6.71. The molecule has 0 radical (unpaired) electrons. The molecule has 2 aliphatic carbocycles. The Hall–Kier alpha value is -0.620. The molecule has 0 aromatic carbocycles. The molecule has 3 rings (SSSR count). The second-order valence-corrected chi connectivity index (χ2v) is 7.92. The number of aromatic nitrogens is 4. The van der Waals surface area contributed by atoms with Crippen molar-refractivity contribution in [2.45, 2.75) is 75.4 Å². The molecule has 0 amide bonds. The molecule has 2 saturated carbocycles. The van der Waals surface area contributed by atoms with Crippen molar-refractivity contribution in [1.82, 2.24) is 25.5 Å². The van der Waals surface area contributed by atoms with Gasteiger partial charge in [0, 0.05) is 11.3 Å². The molecule has 1 N–H and O–H groups in total. The van der Waals surface area contributed by atoms with Crippen molar-refractivity contribution in [2.75, 3.05) is 6.54 Å². The Kier molecular flexibility index (Phi) is 4.04. The molecule has 2 unspecified atom stereocenters. The lowest BCUT2D eigenvalue weighted by molar-refractivity contribution is 0.176. The van der Waals surface area contributed by atoms with Crippen molar-refractivity contribution >= 4 is 11.8 Å². The third-order valence-electron chi connectivity index (χ3n) is 4.56. The molecule has 0 bridgehead atoms. The van der Waals surface area contributed by atoms with Gasteiger partial charge in [-0.2, -0.15) is 0 Å². The summed E-state index contributed by atoms with van der Waals surface area (Å²) in [5, 5.41) is 17.6. The van der Waals surface area contributed by atoms with Gasteiger partial charge in [-0.25, -0.2) is 4.68 Å². The average molecular weight is 295 g/mol. The van der Waals surface area contributed by atoms with Crippen LogP contribution in [0.5, 0.6) is 0 Å². The lowest BCUT2D eigenvalue weighted by Crippen LogP contribution is -2.51. The zero-order valence-electron chi connectivity index (χ0n) is 12.7. The first-order valence-corrected chi connectivity index (χ1v) is 8.67. The van der Waals surface area contributed by atoms with E-state index in [1.165, 1.54) is 32.1 Å². The molecule has 20 heavy (non-hydrogen) atoms. The predicted octanol–water partition coefficient (Wildman–Crippen LogP) is 2.66. The van der Waals surface area contributed by atoms with Gasteiger partial charge in [-0.15, -0.1) is 5.10 Å². The van der Waals surface area contributed by atoms with Crippen LogP contribution in [0.25, 0.3) is 0 Å². The Labute approximate surface area is 125 Å². The van der Waals surface area contributed by atoms with E-state index in [0.29, 0.717) is 22.7 Å². The number of hydrogen-bond donors (Lipinski definition) is 1. The molecule has 0 saturated heterocycles. The minimum atomic E-state index is 0.351. The minimum absolute atomic E-state index is 0.351. The van der Waals surface area contributed by atoms with E-state index >= 15 is 0 Å². The van der Waals surface area contributed by atoms with Crippen molar-refractivity contribution in [2.24, 2.45) is 5.41 Å². The summed E-state index contributed by atoms with van der Waals surface area (Å²) in [6.45, 7) is 7.99. The Balaban J connectivity index is 1.75. The van der Waals surface area contributed by atoms with E-state index in [2.05, 4.69) is 41.6 Å². The molecule has 1 aromatic rings. The van der Waals surface area contributed by atoms with Gasteiger partial charge in [-0.05, 0) is 48.1 Å². The third-order valence-corrected chi connectivity index (χ3v) is 5.85. The maximum absolute atomic E-state index is 4.25. The minimum Gasteiger partial charge on any atom is -0.313 e. The lowest BCUT2D eigenvalue weighted by atomic mass is 9.73. The van der Waals surface area contributed by atoms with E-state index in [1.807, 2.05) is 16.4 Å². The smallest absolute Gasteiger partial charge is 0.209 e. The zero-order valence-corrected chi connectivity index (χ0v) is 13.5. The summed E-state index contributed by atoms with van der Waals surface area (Å²) in [5.74, 6) is 0. The molecule has 2 aliphatic rings. The van der Waals surface area contributed by atoms with E-state index in [4.69, 9.17) is 0 Å². The molecule has 1 aromatic heterocycles. The highest BCUT2D eigenvalue weighted by molar-refractivity contribution is 7.99. The fourth-order valence-corrected chi connectivity index (χ4v) is 4.82.